The molecule has 0 aliphatic heterocycles. The van der Waals surface area contributed by atoms with Crippen LogP contribution < -0.4 is 60.9 Å². The normalized spacial score (nSPS) is 10.3. The van der Waals surface area contributed by atoms with Gasteiger partial charge in [0.1, 0.15) is 26.5 Å². The fourth-order valence-corrected chi connectivity index (χ4v) is 1.77. The van der Waals surface area contributed by atoms with Crippen molar-refractivity contribution in [2.45, 2.75) is 18.7 Å². The zero-order valence-electron chi connectivity index (χ0n) is 10.5. The standard InChI is InChI=1S/C10H10O7S.K/c1-6(11)16-8-3-4-9(17-7(2)12)10(5-8)18(13,14)15;/h3-5H,1-2H3,(H,13,14,15);/q;+1/p-1. The third-order valence-electron chi connectivity index (χ3n) is 1.70. The van der Waals surface area contributed by atoms with Gasteiger partial charge in [-0.25, -0.2) is 8.42 Å². The van der Waals surface area contributed by atoms with Gasteiger partial charge >= 0.3 is 63.3 Å². The topological polar surface area (TPSA) is 110 Å². The molecule has 19 heavy (non-hydrogen) atoms. The average molecular weight is 312 g/mol. The molecule has 1 aromatic rings. The van der Waals surface area contributed by atoms with E-state index < -0.39 is 32.7 Å². The molecule has 9 heteroatoms. The van der Waals surface area contributed by atoms with Crippen LogP contribution in [0.1, 0.15) is 13.8 Å². The van der Waals surface area contributed by atoms with E-state index in [9.17, 15) is 22.6 Å². The van der Waals surface area contributed by atoms with E-state index >= 15 is 0 Å². The molecule has 0 amide bonds. The first-order valence-corrected chi connectivity index (χ1v) is 6.08. The van der Waals surface area contributed by atoms with Gasteiger partial charge < -0.3 is 14.0 Å². The van der Waals surface area contributed by atoms with E-state index in [1.54, 1.807) is 0 Å². The molecule has 0 spiro atoms. The molecule has 0 saturated carbocycles. The minimum Gasteiger partial charge on any atom is -0.744 e. The van der Waals surface area contributed by atoms with Gasteiger partial charge in [0.05, 0.1) is 0 Å². The second-order valence-electron chi connectivity index (χ2n) is 3.25. The van der Waals surface area contributed by atoms with Gasteiger partial charge in [0.25, 0.3) is 0 Å². The van der Waals surface area contributed by atoms with Crippen LogP contribution in [-0.2, 0) is 19.7 Å². The molecule has 0 saturated heterocycles. The second-order valence-corrected chi connectivity index (χ2v) is 4.60. The van der Waals surface area contributed by atoms with Crippen molar-refractivity contribution in [3.63, 3.8) is 0 Å². The molecular weight excluding hydrogens is 303 g/mol. The summed E-state index contributed by atoms with van der Waals surface area (Å²) in [6.07, 6.45) is 0. The predicted molar refractivity (Wildman–Crippen MR) is 57.0 cm³/mol. The molecule has 1 rings (SSSR count). The minimum atomic E-state index is -4.86. The summed E-state index contributed by atoms with van der Waals surface area (Å²) in [6, 6.07) is 3.08. The number of ether oxygens (including phenoxy) is 2. The van der Waals surface area contributed by atoms with Crippen LogP contribution in [0.4, 0.5) is 0 Å². The van der Waals surface area contributed by atoms with Crippen LogP contribution in [0.15, 0.2) is 23.1 Å². The second kappa shape index (κ2) is 7.48. The number of rotatable bonds is 3. The first-order valence-electron chi connectivity index (χ1n) is 4.67. The minimum absolute atomic E-state index is 0. The third-order valence-corrected chi connectivity index (χ3v) is 2.56. The Balaban J connectivity index is 0.00000324. The zero-order chi connectivity index (χ0) is 13.9. The Bertz CT molecular complexity index is 594. The molecule has 1 aromatic carbocycles. The van der Waals surface area contributed by atoms with Crippen molar-refractivity contribution in [3.05, 3.63) is 18.2 Å². The number of carbonyl (C=O) groups excluding carboxylic acids is 2. The molecular formula is C10H9KO7S. The quantitative estimate of drug-likeness (QED) is 0.261. The van der Waals surface area contributed by atoms with Gasteiger partial charge in [-0.15, -0.1) is 0 Å². The Hall–Kier alpha value is -0.294. The monoisotopic (exact) mass is 312 g/mol. The average Bonchev–Trinajstić information content (AvgIpc) is 2.17. The van der Waals surface area contributed by atoms with E-state index in [2.05, 4.69) is 9.47 Å². The molecule has 0 unspecified atom stereocenters. The zero-order valence-corrected chi connectivity index (χ0v) is 14.4. The van der Waals surface area contributed by atoms with Crippen LogP contribution in [0, 0.1) is 0 Å². The molecule has 0 radical (unpaired) electrons. The van der Waals surface area contributed by atoms with Gasteiger partial charge in [0.2, 0.25) is 0 Å². The molecule has 0 heterocycles. The SMILES string of the molecule is CC(=O)Oc1ccc(OC(C)=O)c(S(=O)(=O)[O-])c1.[K+]. The number of hydrogen-bond donors (Lipinski definition) is 0. The Morgan fingerprint density at radius 3 is 2.05 bits per heavy atom. The number of benzene rings is 1. The van der Waals surface area contributed by atoms with Crippen LogP contribution >= 0.6 is 0 Å². The van der Waals surface area contributed by atoms with E-state index in [0.29, 0.717) is 0 Å². The van der Waals surface area contributed by atoms with Crippen molar-refractivity contribution in [1.82, 2.24) is 0 Å². The fraction of sp³-hybridized carbons (Fsp3) is 0.200. The number of carbonyl (C=O) groups is 2. The summed E-state index contributed by atoms with van der Waals surface area (Å²) < 4.78 is 42.2. The van der Waals surface area contributed by atoms with Crippen LogP contribution in [-0.4, -0.2) is 24.9 Å². The van der Waals surface area contributed by atoms with Crippen LogP contribution in [0.3, 0.4) is 0 Å². The largest absolute Gasteiger partial charge is 1.00 e. The first kappa shape index (κ1) is 18.7. The van der Waals surface area contributed by atoms with E-state index in [0.717, 1.165) is 26.0 Å². The summed E-state index contributed by atoms with van der Waals surface area (Å²) in [6.45, 7) is 2.17. The Morgan fingerprint density at radius 2 is 1.63 bits per heavy atom. The number of esters is 2. The predicted octanol–water partition coefficient (Wildman–Crippen LogP) is -2.55. The van der Waals surface area contributed by atoms with Crippen molar-refractivity contribution in [1.29, 1.82) is 0 Å². The van der Waals surface area contributed by atoms with Crippen molar-refractivity contribution >= 4 is 22.1 Å². The summed E-state index contributed by atoms with van der Waals surface area (Å²) in [4.78, 5) is 20.7. The van der Waals surface area contributed by atoms with Crippen molar-refractivity contribution in [3.8, 4) is 11.5 Å². The van der Waals surface area contributed by atoms with Crippen molar-refractivity contribution < 1.29 is 83.4 Å². The van der Waals surface area contributed by atoms with Gasteiger partial charge in [-0.2, -0.15) is 0 Å². The molecule has 0 atom stereocenters. The van der Waals surface area contributed by atoms with Crippen LogP contribution in [0.2, 0.25) is 0 Å². The molecule has 0 aliphatic rings. The van der Waals surface area contributed by atoms with Gasteiger partial charge in [-0.3, -0.25) is 9.59 Å². The molecule has 0 aromatic heterocycles. The summed E-state index contributed by atoms with van der Waals surface area (Å²) in [5.74, 6) is -1.99. The van der Waals surface area contributed by atoms with E-state index in [-0.39, 0.29) is 57.1 Å². The maximum Gasteiger partial charge on any atom is 1.00 e. The Kier molecular flexibility index (Phi) is 7.36. The number of hydrogen-bond acceptors (Lipinski definition) is 7. The Labute approximate surface area is 152 Å². The molecule has 0 fully saturated rings. The molecule has 98 valence electrons. The van der Waals surface area contributed by atoms with E-state index in [1.165, 1.54) is 6.07 Å². The molecule has 7 nitrogen and oxygen atoms in total. The van der Waals surface area contributed by atoms with E-state index in [1.807, 2.05) is 0 Å². The van der Waals surface area contributed by atoms with Crippen molar-refractivity contribution in [2.24, 2.45) is 0 Å². The van der Waals surface area contributed by atoms with Gasteiger partial charge in [-0.05, 0) is 12.1 Å². The first-order chi connectivity index (χ1) is 8.20. The molecule has 0 N–H and O–H groups in total. The molecule has 0 aliphatic carbocycles. The summed E-state index contributed by atoms with van der Waals surface area (Å²) in [5.41, 5.74) is 0. The van der Waals surface area contributed by atoms with Crippen LogP contribution in [0.5, 0.6) is 11.5 Å². The third kappa shape index (κ3) is 6.12. The summed E-state index contributed by atoms with van der Waals surface area (Å²) in [7, 11) is -4.86. The smallest absolute Gasteiger partial charge is 0.744 e. The van der Waals surface area contributed by atoms with Crippen LogP contribution in [0.25, 0.3) is 0 Å². The van der Waals surface area contributed by atoms with E-state index in [4.69, 9.17) is 0 Å². The Morgan fingerprint density at radius 1 is 1.11 bits per heavy atom. The van der Waals surface area contributed by atoms with Gasteiger partial charge in [-0.1, -0.05) is 0 Å². The van der Waals surface area contributed by atoms with Gasteiger partial charge in [0.15, 0.2) is 0 Å². The summed E-state index contributed by atoms with van der Waals surface area (Å²) >= 11 is 0. The fourth-order valence-electron chi connectivity index (χ4n) is 1.15. The maximum atomic E-state index is 11.0. The van der Waals surface area contributed by atoms with Gasteiger partial charge in [0, 0.05) is 19.9 Å². The van der Waals surface area contributed by atoms with Crippen molar-refractivity contribution in [2.75, 3.05) is 0 Å². The summed E-state index contributed by atoms with van der Waals surface area (Å²) in [5, 5.41) is 0. The molecule has 0 bridgehead atoms. The maximum absolute atomic E-state index is 11.0.